The molecule has 0 radical (unpaired) electrons. The molecular weight excluding hydrogens is 270 g/mol. The molecule has 1 rings (SSSR count). The van der Waals surface area contributed by atoms with E-state index in [1.807, 2.05) is 0 Å². The van der Waals surface area contributed by atoms with Crippen LogP contribution in [0.5, 0.6) is 0 Å². The Morgan fingerprint density at radius 1 is 1.42 bits per heavy atom. The molecule has 1 aromatic carbocycles. The number of nitrogens with one attached hydrogen (secondary N) is 1. The summed E-state index contributed by atoms with van der Waals surface area (Å²) in [6.07, 6.45) is 0. The number of hydrogen-bond acceptors (Lipinski definition) is 4. The van der Waals surface area contributed by atoms with E-state index in [-0.39, 0.29) is 36.0 Å². The van der Waals surface area contributed by atoms with Crippen molar-refractivity contribution in [3.63, 3.8) is 0 Å². The van der Waals surface area contributed by atoms with Crippen molar-refractivity contribution in [3.05, 3.63) is 33.9 Å². The Kier molecular flexibility index (Phi) is 6.44. The van der Waals surface area contributed by atoms with Gasteiger partial charge in [-0.05, 0) is 19.9 Å². The van der Waals surface area contributed by atoms with Gasteiger partial charge in [0.05, 0.1) is 22.1 Å². The number of nitrogens with zero attached hydrogens (tertiary/aromatic N) is 1. The monoisotopic (exact) mass is 287 g/mol. The first-order valence-corrected chi connectivity index (χ1v) is 5.65. The van der Waals surface area contributed by atoms with Crippen LogP contribution in [0.2, 0.25) is 0 Å². The third-order valence-electron chi connectivity index (χ3n) is 2.96. The highest BCUT2D eigenvalue weighted by Crippen LogP contribution is 2.25. The molecule has 7 heteroatoms. The van der Waals surface area contributed by atoms with Gasteiger partial charge in [-0.3, -0.25) is 14.9 Å². The molecule has 0 aliphatic carbocycles. The van der Waals surface area contributed by atoms with Crippen LogP contribution in [-0.4, -0.2) is 16.9 Å². The van der Waals surface area contributed by atoms with Crippen LogP contribution in [0.15, 0.2) is 18.2 Å². The van der Waals surface area contributed by atoms with Crippen LogP contribution in [0.25, 0.3) is 0 Å². The number of amides is 1. The highest BCUT2D eigenvalue weighted by molar-refractivity contribution is 5.93. The molecular formula is C12H18ClN3O3. The SMILES string of the molecule is Cc1c(NC(=O)C(C)C(C)N)cccc1[N+](=O)[O-].Cl. The molecule has 2 unspecified atom stereocenters. The maximum absolute atomic E-state index is 11.8. The third-order valence-corrected chi connectivity index (χ3v) is 2.96. The molecule has 0 spiro atoms. The van der Waals surface area contributed by atoms with E-state index in [4.69, 9.17) is 5.73 Å². The van der Waals surface area contributed by atoms with Crippen LogP contribution in [0.4, 0.5) is 11.4 Å². The smallest absolute Gasteiger partial charge is 0.274 e. The van der Waals surface area contributed by atoms with E-state index in [1.54, 1.807) is 26.8 Å². The lowest BCUT2D eigenvalue weighted by Gasteiger charge is -2.16. The molecule has 0 aromatic heterocycles. The summed E-state index contributed by atoms with van der Waals surface area (Å²) in [7, 11) is 0. The quantitative estimate of drug-likeness (QED) is 0.655. The number of nitro groups is 1. The van der Waals surface area contributed by atoms with E-state index in [1.165, 1.54) is 12.1 Å². The van der Waals surface area contributed by atoms with E-state index < -0.39 is 4.92 Å². The number of carbonyl (C=O) groups excluding carboxylic acids is 1. The van der Waals surface area contributed by atoms with Crippen molar-refractivity contribution in [2.75, 3.05) is 5.32 Å². The van der Waals surface area contributed by atoms with Gasteiger partial charge in [0, 0.05) is 12.1 Å². The summed E-state index contributed by atoms with van der Waals surface area (Å²) in [5.41, 5.74) is 6.51. The van der Waals surface area contributed by atoms with Crippen molar-refractivity contribution < 1.29 is 9.72 Å². The predicted molar refractivity (Wildman–Crippen MR) is 76.5 cm³/mol. The molecule has 1 amide bonds. The Balaban J connectivity index is 0.00000324. The zero-order chi connectivity index (χ0) is 13.9. The van der Waals surface area contributed by atoms with Crippen molar-refractivity contribution in [2.24, 2.45) is 11.7 Å². The van der Waals surface area contributed by atoms with E-state index in [2.05, 4.69) is 5.32 Å². The summed E-state index contributed by atoms with van der Waals surface area (Å²) >= 11 is 0. The Hall–Kier alpha value is -1.66. The first kappa shape index (κ1) is 17.3. The van der Waals surface area contributed by atoms with Crippen LogP contribution in [0.1, 0.15) is 19.4 Å². The van der Waals surface area contributed by atoms with Gasteiger partial charge in [0.1, 0.15) is 0 Å². The fourth-order valence-corrected chi connectivity index (χ4v) is 1.44. The molecule has 2 atom stereocenters. The standard InChI is InChI=1S/C12H17N3O3.ClH/c1-7(9(3)13)12(16)14-10-5-4-6-11(8(10)2)15(17)18;/h4-7,9H,13H2,1-3H3,(H,14,16);1H. The Bertz CT molecular complexity index is 477. The number of benzene rings is 1. The van der Waals surface area contributed by atoms with E-state index in [0.29, 0.717) is 11.3 Å². The van der Waals surface area contributed by atoms with Gasteiger partial charge in [0.2, 0.25) is 5.91 Å². The lowest BCUT2D eigenvalue weighted by Crippen LogP contribution is -2.34. The van der Waals surface area contributed by atoms with Crippen molar-refractivity contribution in [3.8, 4) is 0 Å². The molecule has 0 aliphatic rings. The summed E-state index contributed by atoms with van der Waals surface area (Å²) in [6, 6.07) is 4.30. The minimum absolute atomic E-state index is 0. The summed E-state index contributed by atoms with van der Waals surface area (Å²) in [5, 5.41) is 13.4. The lowest BCUT2D eigenvalue weighted by molar-refractivity contribution is -0.385. The van der Waals surface area contributed by atoms with E-state index in [9.17, 15) is 14.9 Å². The normalized spacial score (nSPS) is 13.1. The van der Waals surface area contributed by atoms with Gasteiger partial charge < -0.3 is 11.1 Å². The number of nitrogens with two attached hydrogens (primary N) is 1. The number of halogens is 1. The molecule has 0 saturated heterocycles. The summed E-state index contributed by atoms with van der Waals surface area (Å²) in [5.74, 6) is -0.600. The van der Waals surface area contributed by atoms with Crippen LogP contribution in [-0.2, 0) is 4.79 Å². The molecule has 0 bridgehead atoms. The van der Waals surface area contributed by atoms with Gasteiger partial charge in [-0.15, -0.1) is 12.4 Å². The third kappa shape index (κ3) is 4.18. The molecule has 0 saturated carbocycles. The molecule has 106 valence electrons. The molecule has 0 aliphatic heterocycles. The minimum atomic E-state index is -0.472. The maximum atomic E-state index is 11.8. The number of nitro benzene ring substituents is 1. The van der Waals surface area contributed by atoms with Gasteiger partial charge >= 0.3 is 0 Å². The van der Waals surface area contributed by atoms with Crippen molar-refractivity contribution >= 4 is 29.7 Å². The summed E-state index contributed by atoms with van der Waals surface area (Å²) in [6.45, 7) is 5.06. The summed E-state index contributed by atoms with van der Waals surface area (Å²) in [4.78, 5) is 22.1. The topological polar surface area (TPSA) is 98.3 Å². The van der Waals surface area contributed by atoms with E-state index >= 15 is 0 Å². The van der Waals surface area contributed by atoms with Crippen LogP contribution in [0.3, 0.4) is 0 Å². The highest BCUT2D eigenvalue weighted by atomic mass is 35.5. The molecule has 1 aromatic rings. The van der Waals surface area contributed by atoms with Gasteiger partial charge in [-0.2, -0.15) is 0 Å². The van der Waals surface area contributed by atoms with Crippen molar-refractivity contribution in [2.45, 2.75) is 26.8 Å². The average Bonchev–Trinajstić information content (AvgIpc) is 2.30. The fourth-order valence-electron chi connectivity index (χ4n) is 1.44. The molecule has 0 fully saturated rings. The Labute approximate surface area is 117 Å². The van der Waals surface area contributed by atoms with Gasteiger partial charge in [0.15, 0.2) is 0 Å². The zero-order valence-corrected chi connectivity index (χ0v) is 11.9. The molecule has 19 heavy (non-hydrogen) atoms. The van der Waals surface area contributed by atoms with Crippen LogP contribution < -0.4 is 11.1 Å². The van der Waals surface area contributed by atoms with Crippen LogP contribution in [0, 0.1) is 23.0 Å². The number of carbonyl (C=O) groups is 1. The minimum Gasteiger partial charge on any atom is -0.327 e. The van der Waals surface area contributed by atoms with Gasteiger partial charge in [-0.1, -0.05) is 13.0 Å². The summed E-state index contributed by atoms with van der Waals surface area (Å²) < 4.78 is 0. The molecule has 6 nitrogen and oxygen atoms in total. The predicted octanol–water partition coefficient (Wildman–Crippen LogP) is 2.25. The number of anilines is 1. The average molecular weight is 288 g/mol. The molecule has 3 N–H and O–H groups in total. The second-order valence-corrected chi connectivity index (χ2v) is 4.34. The first-order chi connectivity index (χ1) is 8.34. The van der Waals surface area contributed by atoms with Crippen molar-refractivity contribution in [1.82, 2.24) is 0 Å². The Morgan fingerprint density at radius 2 is 2.00 bits per heavy atom. The van der Waals surface area contributed by atoms with Gasteiger partial charge in [0.25, 0.3) is 5.69 Å². The highest BCUT2D eigenvalue weighted by Gasteiger charge is 2.20. The number of rotatable bonds is 4. The fraction of sp³-hybridized carbons (Fsp3) is 0.417. The van der Waals surface area contributed by atoms with E-state index in [0.717, 1.165) is 0 Å². The second-order valence-electron chi connectivity index (χ2n) is 4.34. The van der Waals surface area contributed by atoms with Gasteiger partial charge in [-0.25, -0.2) is 0 Å². The van der Waals surface area contributed by atoms with Crippen LogP contribution >= 0.6 is 12.4 Å². The second kappa shape index (κ2) is 7.06. The number of hydrogen-bond donors (Lipinski definition) is 2. The largest absolute Gasteiger partial charge is 0.327 e. The van der Waals surface area contributed by atoms with Crippen molar-refractivity contribution in [1.29, 1.82) is 0 Å². The Morgan fingerprint density at radius 3 is 2.47 bits per heavy atom. The maximum Gasteiger partial charge on any atom is 0.274 e. The lowest BCUT2D eigenvalue weighted by atomic mass is 10.0. The molecule has 0 heterocycles. The zero-order valence-electron chi connectivity index (χ0n) is 11.0. The first-order valence-electron chi connectivity index (χ1n) is 5.65.